The molecule has 24 heavy (non-hydrogen) atoms. The minimum Gasteiger partial charge on any atom is -0.497 e. The molecule has 126 valence electrons. The number of ether oxygens (including phenoxy) is 4. The summed E-state index contributed by atoms with van der Waals surface area (Å²) in [5, 5.41) is 0. The lowest BCUT2D eigenvalue weighted by Gasteiger charge is -2.10. The van der Waals surface area contributed by atoms with E-state index in [0.29, 0.717) is 21.5 Å². The van der Waals surface area contributed by atoms with E-state index >= 15 is 0 Å². The van der Waals surface area contributed by atoms with E-state index in [1.165, 1.54) is 7.11 Å². The lowest BCUT2D eigenvalue weighted by atomic mass is 10.0. The quantitative estimate of drug-likeness (QED) is 0.552. The van der Waals surface area contributed by atoms with Gasteiger partial charge in [0.05, 0.1) is 21.3 Å². The van der Waals surface area contributed by atoms with Crippen molar-refractivity contribution in [1.82, 2.24) is 0 Å². The van der Waals surface area contributed by atoms with Crippen LogP contribution in [0.4, 0.5) is 0 Å². The molecular formula is C18H17BrO5. The average molecular weight is 393 g/mol. The van der Waals surface area contributed by atoms with Crippen molar-refractivity contribution in [1.29, 1.82) is 0 Å². The lowest BCUT2D eigenvalue weighted by Crippen LogP contribution is -2.10. The maximum absolute atomic E-state index is 12.7. The number of epoxide rings is 1. The van der Waals surface area contributed by atoms with Gasteiger partial charge in [-0.2, -0.15) is 0 Å². The van der Waals surface area contributed by atoms with Gasteiger partial charge < -0.3 is 18.9 Å². The zero-order chi connectivity index (χ0) is 17.3. The van der Waals surface area contributed by atoms with Crippen LogP contribution in [-0.2, 0) is 4.74 Å². The van der Waals surface area contributed by atoms with Crippen LogP contribution in [0.5, 0.6) is 17.2 Å². The maximum atomic E-state index is 12.7. The number of carbonyl (C=O) groups is 1. The molecule has 1 saturated heterocycles. The number of benzene rings is 2. The van der Waals surface area contributed by atoms with Crippen LogP contribution < -0.4 is 14.2 Å². The highest BCUT2D eigenvalue weighted by molar-refractivity contribution is 9.10. The third-order valence-electron chi connectivity index (χ3n) is 3.93. The van der Waals surface area contributed by atoms with Crippen molar-refractivity contribution in [3.63, 3.8) is 0 Å². The Bertz CT molecular complexity index is 757. The summed E-state index contributed by atoms with van der Waals surface area (Å²) in [5.74, 6) is 1.74. The van der Waals surface area contributed by atoms with Gasteiger partial charge >= 0.3 is 0 Å². The van der Waals surface area contributed by atoms with Crippen molar-refractivity contribution in [2.45, 2.75) is 12.2 Å². The van der Waals surface area contributed by atoms with Gasteiger partial charge in [-0.15, -0.1) is 0 Å². The van der Waals surface area contributed by atoms with Crippen molar-refractivity contribution < 1.29 is 23.7 Å². The molecule has 0 bridgehead atoms. The molecule has 3 rings (SSSR count). The summed E-state index contributed by atoms with van der Waals surface area (Å²) < 4.78 is 21.9. The summed E-state index contributed by atoms with van der Waals surface area (Å²) in [6.07, 6.45) is -0.726. The number of rotatable bonds is 6. The molecule has 0 aromatic heterocycles. The molecule has 2 aromatic rings. The predicted octanol–water partition coefficient (Wildman–Crippen LogP) is 3.80. The Balaban J connectivity index is 1.80. The molecule has 0 N–H and O–H groups in total. The van der Waals surface area contributed by atoms with Crippen molar-refractivity contribution in [2.24, 2.45) is 0 Å². The standard InChI is InChI=1S/C18H17BrO5/c1-21-11-6-4-10(5-7-11)17-18(24-17)16(20)12-8-14(22-2)15(23-3)9-13(12)19/h4-9,17-18H,1-3H3/t17-,18+/m0/s1. The number of ketones is 1. The van der Waals surface area contributed by atoms with E-state index in [4.69, 9.17) is 18.9 Å². The second-order valence-corrected chi connectivity index (χ2v) is 6.16. The van der Waals surface area contributed by atoms with Crippen LogP contribution in [0.2, 0.25) is 0 Å². The van der Waals surface area contributed by atoms with Crippen LogP contribution >= 0.6 is 15.9 Å². The lowest BCUT2D eigenvalue weighted by molar-refractivity contribution is 0.0952. The Hall–Kier alpha value is -2.05. The minimum atomic E-state index is -0.493. The Labute approximate surface area is 148 Å². The number of hydrogen-bond donors (Lipinski definition) is 0. The minimum absolute atomic E-state index is 0.0938. The van der Waals surface area contributed by atoms with Gasteiger partial charge in [-0.25, -0.2) is 0 Å². The summed E-state index contributed by atoms with van der Waals surface area (Å²) >= 11 is 3.41. The zero-order valence-corrected chi connectivity index (χ0v) is 15.1. The molecule has 0 aliphatic carbocycles. The van der Waals surface area contributed by atoms with Gasteiger partial charge in [0.1, 0.15) is 11.9 Å². The van der Waals surface area contributed by atoms with Crippen LogP contribution in [0.15, 0.2) is 40.9 Å². The highest BCUT2D eigenvalue weighted by atomic mass is 79.9. The normalized spacial score (nSPS) is 18.8. The molecule has 2 atom stereocenters. The van der Waals surface area contributed by atoms with E-state index in [1.54, 1.807) is 26.4 Å². The molecule has 2 aromatic carbocycles. The smallest absolute Gasteiger partial charge is 0.195 e. The van der Waals surface area contributed by atoms with Crippen LogP contribution in [0.25, 0.3) is 0 Å². The Morgan fingerprint density at radius 1 is 1.00 bits per heavy atom. The molecule has 0 radical (unpaired) electrons. The van der Waals surface area contributed by atoms with Crippen molar-refractivity contribution in [3.8, 4) is 17.2 Å². The molecule has 0 saturated carbocycles. The molecule has 0 amide bonds. The van der Waals surface area contributed by atoms with Crippen molar-refractivity contribution in [2.75, 3.05) is 21.3 Å². The van der Waals surface area contributed by atoms with Gasteiger partial charge in [0.25, 0.3) is 0 Å². The third-order valence-corrected chi connectivity index (χ3v) is 4.59. The van der Waals surface area contributed by atoms with E-state index in [-0.39, 0.29) is 11.9 Å². The number of hydrogen-bond acceptors (Lipinski definition) is 5. The number of carbonyl (C=O) groups excluding carboxylic acids is 1. The fourth-order valence-electron chi connectivity index (χ4n) is 2.56. The fourth-order valence-corrected chi connectivity index (χ4v) is 3.07. The summed E-state index contributed by atoms with van der Waals surface area (Å²) in [6, 6.07) is 10.9. The van der Waals surface area contributed by atoms with E-state index in [9.17, 15) is 4.79 Å². The van der Waals surface area contributed by atoms with E-state index < -0.39 is 6.10 Å². The first-order valence-corrected chi connectivity index (χ1v) is 8.13. The van der Waals surface area contributed by atoms with Gasteiger partial charge in [-0.05, 0) is 45.8 Å². The van der Waals surface area contributed by atoms with Gasteiger partial charge in [-0.3, -0.25) is 4.79 Å². The van der Waals surface area contributed by atoms with E-state index in [0.717, 1.165) is 11.3 Å². The molecule has 0 spiro atoms. The van der Waals surface area contributed by atoms with E-state index in [1.807, 2.05) is 24.3 Å². The van der Waals surface area contributed by atoms with Crippen LogP contribution in [0.1, 0.15) is 22.0 Å². The van der Waals surface area contributed by atoms with Crippen LogP contribution in [0, 0.1) is 0 Å². The molecule has 1 aliphatic heterocycles. The van der Waals surface area contributed by atoms with Gasteiger partial charge in [-0.1, -0.05) is 12.1 Å². The topological polar surface area (TPSA) is 57.3 Å². The third kappa shape index (κ3) is 3.12. The molecule has 1 heterocycles. The first-order chi connectivity index (χ1) is 11.6. The molecule has 1 fully saturated rings. The first kappa shape index (κ1) is 16.8. The Kier molecular flexibility index (Phi) is 4.78. The molecular weight excluding hydrogens is 376 g/mol. The summed E-state index contributed by atoms with van der Waals surface area (Å²) in [4.78, 5) is 12.7. The average Bonchev–Trinajstić information content (AvgIpc) is 3.41. The van der Waals surface area contributed by atoms with Gasteiger partial charge in [0.2, 0.25) is 0 Å². The molecule has 1 aliphatic rings. The summed E-state index contributed by atoms with van der Waals surface area (Å²) in [5.41, 5.74) is 1.46. The zero-order valence-electron chi connectivity index (χ0n) is 13.5. The van der Waals surface area contributed by atoms with Gasteiger partial charge in [0, 0.05) is 10.0 Å². The monoisotopic (exact) mass is 392 g/mol. The van der Waals surface area contributed by atoms with Crippen molar-refractivity contribution >= 4 is 21.7 Å². The number of halogens is 1. The molecule has 6 heteroatoms. The molecule has 5 nitrogen and oxygen atoms in total. The summed E-state index contributed by atoms with van der Waals surface area (Å²) in [7, 11) is 4.70. The summed E-state index contributed by atoms with van der Waals surface area (Å²) in [6.45, 7) is 0. The number of Topliss-reactive ketones (excluding diaryl/α,β-unsaturated/α-hetero) is 1. The van der Waals surface area contributed by atoms with Crippen LogP contribution in [-0.4, -0.2) is 33.2 Å². The molecule has 0 unspecified atom stereocenters. The van der Waals surface area contributed by atoms with Crippen LogP contribution in [0.3, 0.4) is 0 Å². The largest absolute Gasteiger partial charge is 0.497 e. The second-order valence-electron chi connectivity index (χ2n) is 5.30. The second kappa shape index (κ2) is 6.83. The first-order valence-electron chi connectivity index (χ1n) is 7.34. The fraction of sp³-hybridized carbons (Fsp3) is 0.278. The van der Waals surface area contributed by atoms with Crippen molar-refractivity contribution in [3.05, 3.63) is 52.0 Å². The SMILES string of the molecule is COc1ccc([C@@H]2O[C@@H]2C(=O)c2cc(OC)c(OC)cc2Br)cc1. The van der Waals surface area contributed by atoms with Gasteiger partial charge in [0.15, 0.2) is 23.4 Å². The highest BCUT2D eigenvalue weighted by Gasteiger charge is 2.46. The number of methoxy groups -OCH3 is 3. The Morgan fingerprint density at radius 3 is 2.21 bits per heavy atom. The highest BCUT2D eigenvalue weighted by Crippen LogP contribution is 2.43. The Morgan fingerprint density at radius 2 is 1.62 bits per heavy atom. The maximum Gasteiger partial charge on any atom is 0.195 e. The predicted molar refractivity (Wildman–Crippen MR) is 92.2 cm³/mol. The van der Waals surface area contributed by atoms with E-state index in [2.05, 4.69) is 15.9 Å².